The first-order chi connectivity index (χ1) is 7.24. The lowest BCUT2D eigenvalue weighted by molar-refractivity contribution is -0.121. The van der Waals surface area contributed by atoms with Crippen molar-refractivity contribution in [3.05, 3.63) is 23.5 Å². The second-order valence-corrected chi connectivity index (χ2v) is 4.12. The monoisotopic (exact) mass is 207 g/mol. The van der Waals surface area contributed by atoms with Crippen molar-refractivity contribution in [1.82, 2.24) is 15.6 Å². The van der Waals surface area contributed by atoms with E-state index in [1.54, 1.807) is 0 Å². The van der Waals surface area contributed by atoms with Gasteiger partial charge in [0.25, 0.3) is 0 Å². The van der Waals surface area contributed by atoms with Gasteiger partial charge in [-0.3, -0.25) is 4.79 Å². The summed E-state index contributed by atoms with van der Waals surface area (Å²) in [4.78, 5) is 14.7. The van der Waals surface area contributed by atoms with E-state index >= 15 is 0 Å². The van der Waals surface area contributed by atoms with Crippen LogP contribution in [0.15, 0.2) is 12.3 Å². The second-order valence-electron chi connectivity index (χ2n) is 4.12. The van der Waals surface area contributed by atoms with E-state index in [9.17, 15) is 4.79 Å². The molecule has 1 fully saturated rings. The highest BCUT2D eigenvalue weighted by Gasteiger charge is 2.16. The molecule has 1 atom stereocenters. The molecule has 82 valence electrons. The number of aryl methyl sites for hydroxylation is 1. The second kappa shape index (κ2) is 4.49. The lowest BCUT2D eigenvalue weighted by Crippen LogP contribution is -2.37. The number of aromatic amines is 1. The van der Waals surface area contributed by atoms with Crippen molar-refractivity contribution in [1.29, 1.82) is 0 Å². The largest absolute Gasteiger partial charge is 0.365 e. The number of amides is 1. The number of carbonyl (C=O) groups excluding carboxylic acids is 1. The van der Waals surface area contributed by atoms with Crippen molar-refractivity contribution < 1.29 is 4.79 Å². The Morgan fingerprint density at radius 2 is 2.53 bits per heavy atom. The van der Waals surface area contributed by atoms with Gasteiger partial charge in [0, 0.05) is 24.5 Å². The zero-order valence-electron chi connectivity index (χ0n) is 8.97. The fraction of sp³-hybridized carbons (Fsp3) is 0.545. The standard InChI is InChI=1S/C11H17N3O/c1-8-4-9(6-13-8)5-11(15)14-10-2-3-12-7-10/h4,6,10,12-13H,2-3,5,7H2,1H3,(H,14,15). The number of nitrogens with one attached hydrogen (secondary N) is 3. The number of H-pyrrole nitrogens is 1. The molecule has 1 aliphatic heterocycles. The SMILES string of the molecule is Cc1cc(CC(=O)NC2CCNC2)c[nH]1. The Bertz CT molecular complexity index is 339. The van der Waals surface area contributed by atoms with Crippen LogP contribution in [-0.4, -0.2) is 30.0 Å². The Morgan fingerprint density at radius 3 is 3.13 bits per heavy atom. The molecule has 3 N–H and O–H groups in total. The number of aromatic nitrogens is 1. The molecule has 0 bridgehead atoms. The van der Waals surface area contributed by atoms with Crippen molar-refractivity contribution in [2.24, 2.45) is 0 Å². The van der Waals surface area contributed by atoms with Crippen LogP contribution in [0.4, 0.5) is 0 Å². The van der Waals surface area contributed by atoms with Crippen molar-refractivity contribution in [2.45, 2.75) is 25.8 Å². The maximum atomic E-state index is 11.6. The molecule has 2 heterocycles. The minimum absolute atomic E-state index is 0.114. The molecule has 0 aliphatic carbocycles. The van der Waals surface area contributed by atoms with Gasteiger partial charge >= 0.3 is 0 Å². The molecule has 4 nitrogen and oxygen atoms in total. The van der Waals surface area contributed by atoms with Crippen LogP contribution in [0.2, 0.25) is 0 Å². The summed E-state index contributed by atoms with van der Waals surface area (Å²) in [6, 6.07) is 2.32. The number of carbonyl (C=O) groups is 1. The summed E-state index contributed by atoms with van der Waals surface area (Å²) in [5, 5.41) is 6.25. The summed E-state index contributed by atoms with van der Waals surface area (Å²) in [6.07, 6.45) is 3.40. The molecule has 0 aromatic carbocycles. The summed E-state index contributed by atoms with van der Waals surface area (Å²) in [6.45, 7) is 3.90. The molecule has 1 aromatic heterocycles. The van der Waals surface area contributed by atoms with Crippen LogP contribution < -0.4 is 10.6 Å². The van der Waals surface area contributed by atoms with Gasteiger partial charge in [0.2, 0.25) is 5.91 Å². The Morgan fingerprint density at radius 1 is 1.67 bits per heavy atom. The van der Waals surface area contributed by atoms with Gasteiger partial charge < -0.3 is 15.6 Å². The van der Waals surface area contributed by atoms with E-state index in [2.05, 4.69) is 15.6 Å². The third-order valence-corrected chi connectivity index (χ3v) is 2.68. The number of hydrogen-bond acceptors (Lipinski definition) is 2. The topological polar surface area (TPSA) is 56.9 Å². The van der Waals surface area contributed by atoms with Gasteiger partial charge in [-0.1, -0.05) is 0 Å². The first-order valence-electron chi connectivity index (χ1n) is 5.38. The van der Waals surface area contributed by atoms with Crippen molar-refractivity contribution in [2.75, 3.05) is 13.1 Å². The molecule has 1 aliphatic rings. The van der Waals surface area contributed by atoms with Crippen LogP contribution in [0.1, 0.15) is 17.7 Å². The third kappa shape index (κ3) is 2.83. The summed E-state index contributed by atoms with van der Waals surface area (Å²) in [5.41, 5.74) is 2.15. The molecular weight excluding hydrogens is 190 g/mol. The molecule has 1 saturated heterocycles. The minimum atomic E-state index is 0.114. The van der Waals surface area contributed by atoms with E-state index < -0.39 is 0 Å². The van der Waals surface area contributed by atoms with E-state index in [-0.39, 0.29) is 5.91 Å². The fourth-order valence-electron chi connectivity index (χ4n) is 1.91. The molecule has 4 heteroatoms. The average molecular weight is 207 g/mol. The molecule has 1 amide bonds. The molecule has 0 radical (unpaired) electrons. The molecule has 15 heavy (non-hydrogen) atoms. The molecule has 0 spiro atoms. The van der Waals surface area contributed by atoms with Gasteiger partial charge in [-0.15, -0.1) is 0 Å². The number of rotatable bonds is 3. The molecule has 1 unspecified atom stereocenters. The summed E-state index contributed by atoms with van der Waals surface area (Å²) in [7, 11) is 0. The lowest BCUT2D eigenvalue weighted by Gasteiger charge is -2.10. The Hall–Kier alpha value is -1.29. The van der Waals surface area contributed by atoms with Crippen LogP contribution in [-0.2, 0) is 11.2 Å². The minimum Gasteiger partial charge on any atom is -0.365 e. The quantitative estimate of drug-likeness (QED) is 0.669. The highest BCUT2D eigenvalue weighted by molar-refractivity contribution is 5.78. The lowest BCUT2D eigenvalue weighted by atomic mass is 10.2. The van der Waals surface area contributed by atoms with Crippen LogP contribution in [0.5, 0.6) is 0 Å². The fourth-order valence-corrected chi connectivity index (χ4v) is 1.91. The molecule has 0 saturated carbocycles. The molecule has 2 rings (SSSR count). The maximum absolute atomic E-state index is 11.6. The maximum Gasteiger partial charge on any atom is 0.224 e. The first-order valence-corrected chi connectivity index (χ1v) is 5.38. The van der Waals surface area contributed by atoms with Crippen LogP contribution in [0, 0.1) is 6.92 Å². The highest BCUT2D eigenvalue weighted by atomic mass is 16.1. The summed E-state index contributed by atoms with van der Waals surface area (Å²) >= 11 is 0. The van der Waals surface area contributed by atoms with E-state index in [1.165, 1.54) is 0 Å². The van der Waals surface area contributed by atoms with Gasteiger partial charge in [-0.25, -0.2) is 0 Å². The molecular formula is C11H17N3O. The van der Waals surface area contributed by atoms with Gasteiger partial charge in [-0.05, 0) is 31.5 Å². The van der Waals surface area contributed by atoms with Gasteiger partial charge in [0.1, 0.15) is 0 Å². The Balaban J connectivity index is 1.81. The van der Waals surface area contributed by atoms with E-state index in [0.29, 0.717) is 12.5 Å². The summed E-state index contributed by atoms with van der Waals surface area (Å²) in [5.74, 6) is 0.114. The van der Waals surface area contributed by atoms with E-state index in [1.807, 2.05) is 19.2 Å². The Labute approximate surface area is 89.5 Å². The normalized spacial score (nSPS) is 20.5. The first kappa shape index (κ1) is 10.2. The zero-order valence-corrected chi connectivity index (χ0v) is 8.97. The van der Waals surface area contributed by atoms with Crippen LogP contribution in [0.3, 0.4) is 0 Å². The average Bonchev–Trinajstić information content (AvgIpc) is 2.77. The van der Waals surface area contributed by atoms with Crippen molar-refractivity contribution >= 4 is 5.91 Å². The van der Waals surface area contributed by atoms with Gasteiger partial charge in [-0.2, -0.15) is 0 Å². The number of hydrogen-bond donors (Lipinski definition) is 3. The van der Waals surface area contributed by atoms with Crippen molar-refractivity contribution in [3.8, 4) is 0 Å². The molecule has 1 aromatic rings. The zero-order chi connectivity index (χ0) is 10.7. The Kier molecular flexibility index (Phi) is 3.06. The third-order valence-electron chi connectivity index (χ3n) is 2.68. The highest BCUT2D eigenvalue weighted by Crippen LogP contribution is 2.04. The van der Waals surface area contributed by atoms with Crippen LogP contribution in [0.25, 0.3) is 0 Å². The van der Waals surface area contributed by atoms with Crippen molar-refractivity contribution in [3.63, 3.8) is 0 Å². The predicted octanol–water partition coefficient (Wildman–Crippen LogP) is 0.344. The smallest absolute Gasteiger partial charge is 0.224 e. The van der Waals surface area contributed by atoms with Gasteiger partial charge in [0.15, 0.2) is 0 Å². The van der Waals surface area contributed by atoms with E-state index in [0.717, 1.165) is 30.8 Å². The summed E-state index contributed by atoms with van der Waals surface area (Å²) < 4.78 is 0. The predicted molar refractivity (Wildman–Crippen MR) is 58.7 cm³/mol. The van der Waals surface area contributed by atoms with Gasteiger partial charge in [0.05, 0.1) is 6.42 Å². The van der Waals surface area contributed by atoms with E-state index in [4.69, 9.17) is 0 Å². The van der Waals surface area contributed by atoms with Crippen LogP contribution >= 0.6 is 0 Å².